The summed E-state index contributed by atoms with van der Waals surface area (Å²) in [6, 6.07) is 0. The highest BCUT2D eigenvalue weighted by Crippen LogP contribution is 2.08. The van der Waals surface area contributed by atoms with Gasteiger partial charge in [-0.1, -0.05) is 51.9 Å². The molecular weight excluding hydrogens is 240 g/mol. The van der Waals surface area contributed by atoms with Crippen molar-refractivity contribution in [3.8, 4) is 0 Å². The molecule has 0 aromatic carbocycles. The molecule has 4 nitrogen and oxygen atoms in total. The molecule has 0 N–H and O–H groups in total. The van der Waals surface area contributed by atoms with E-state index < -0.39 is 0 Å². The van der Waals surface area contributed by atoms with E-state index in [1.165, 1.54) is 38.5 Å². The minimum absolute atomic E-state index is 0.180. The van der Waals surface area contributed by atoms with Crippen molar-refractivity contribution >= 4 is 5.97 Å². The zero-order chi connectivity index (χ0) is 13.8. The van der Waals surface area contributed by atoms with Gasteiger partial charge in [0.05, 0.1) is 12.9 Å². The lowest BCUT2D eigenvalue weighted by Crippen LogP contribution is -2.13. The molecule has 0 amide bonds. The predicted octanol–water partition coefficient (Wildman–Crippen LogP) is 3.57. The highest BCUT2D eigenvalue weighted by Gasteiger charge is 2.02. The number of esters is 1. The second kappa shape index (κ2) is 10.6. The molecule has 0 aliphatic rings. The fourth-order valence-electron chi connectivity index (χ4n) is 2.00. The molecule has 1 aromatic rings. The maximum absolute atomic E-state index is 11.4. The second-order valence-corrected chi connectivity index (χ2v) is 4.93. The second-order valence-electron chi connectivity index (χ2n) is 4.93. The van der Waals surface area contributed by atoms with Crippen molar-refractivity contribution in [3.63, 3.8) is 0 Å². The number of unbranched alkanes of at least 4 members (excludes halogenated alkanes) is 7. The van der Waals surface area contributed by atoms with Crippen molar-refractivity contribution in [3.05, 3.63) is 18.7 Å². The number of hydrogen-bond donors (Lipinski definition) is 0. The Morgan fingerprint density at radius 3 is 2.42 bits per heavy atom. The van der Waals surface area contributed by atoms with E-state index in [4.69, 9.17) is 4.74 Å². The molecule has 19 heavy (non-hydrogen) atoms. The average molecular weight is 266 g/mol. The van der Waals surface area contributed by atoms with Crippen LogP contribution < -0.4 is 0 Å². The minimum atomic E-state index is -0.180. The lowest BCUT2D eigenvalue weighted by molar-refractivity contribution is -0.144. The van der Waals surface area contributed by atoms with Gasteiger partial charge in [0.1, 0.15) is 6.54 Å². The molecule has 0 saturated heterocycles. The molecular formula is C15H26N2O2. The Morgan fingerprint density at radius 1 is 1.11 bits per heavy atom. The average Bonchev–Trinajstić information content (AvgIpc) is 2.89. The third-order valence-electron chi connectivity index (χ3n) is 3.13. The van der Waals surface area contributed by atoms with E-state index in [0.717, 1.165) is 12.8 Å². The number of carbonyl (C=O) groups excluding carboxylic acids is 1. The summed E-state index contributed by atoms with van der Waals surface area (Å²) in [5.74, 6) is -0.180. The van der Waals surface area contributed by atoms with Crippen molar-refractivity contribution in [1.29, 1.82) is 0 Å². The third-order valence-corrected chi connectivity index (χ3v) is 3.13. The van der Waals surface area contributed by atoms with Crippen LogP contribution in [0.3, 0.4) is 0 Å². The summed E-state index contributed by atoms with van der Waals surface area (Å²) in [4.78, 5) is 15.3. The summed E-state index contributed by atoms with van der Waals surface area (Å²) < 4.78 is 6.89. The molecule has 0 atom stereocenters. The number of ether oxygens (including phenoxy) is 1. The smallest absolute Gasteiger partial charge is 0.325 e. The molecule has 1 rings (SSSR count). The first-order chi connectivity index (χ1) is 9.33. The van der Waals surface area contributed by atoms with Crippen LogP contribution in [0.15, 0.2) is 18.7 Å². The maximum atomic E-state index is 11.4. The van der Waals surface area contributed by atoms with E-state index in [1.54, 1.807) is 23.3 Å². The highest BCUT2D eigenvalue weighted by molar-refractivity contribution is 5.69. The standard InChI is InChI=1S/C15H26N2O2/c1-2-3-4-5-6-7-8-9-12-19-15(18)13-17-11-10-16-14-17/h10-11,14H,2-9,12-13H2,1H3. The van der Waals surface area contributed by atoms with Gasteiger partial charge >= 0.3 is 5.97 Å². The number of nitrogens with zero attached hydrogens (tertiary/aromatic N) is 2. The van der Waals surface area contributed by atoms with Crippen LogP contribution in [0.4, 0.5) is 0 Å². The molecule has 0 aliphatic heterocycles. The molecule has 0 aliphatic carbocycles. The van der Waals surface area contributed by atoms with E-state index in [-0.39, 0.29) is 12.5 Å². The lowest BCUT2D eigenvalue weighted by Gasteiger charge is -2.05. The van der Waals surface area contributed by atoms with Gasteiger partial charge in [0, 0.05) is 12.4 Å². The molecule has 0 radical (unpaired) electrons. The van der Waals surface area contributed by atoms with E-state index in [9.17, 15) is 4.79 Å². The SMILES string of the molecule is CCCCCCCCCCOC(=O)Cn1ccnc1. The Balaban J connectivity index is 1.86. The van der Waals surface area contributed by atoms with Crippen LogP contribution in [0.1, 0.15) is 58.3 Å². The Kier molecular flexibility index (Phi) is 8.77. The molecule has 0 unspecified atom stereocenters. The van der Waals surface area contributed by atoms with Crippen LogP contribution in [0.25, 0.3) is 0 Å². The summed E-state index contributed by atoms with van der Waals surface area (Å²) in [5, 5.41) is 0. The molecule has 1 aromatic heterocycles. The summed E-state index contributed by atoms with van der Waals surface area (Å²) in [7, 11) is 0. The molecule has 108 valence electrons. The van der Waals surface area contributed by atoms with E-state index in [0.29, 0.717) is 6.61 Å². The van der Waals surface area contributed by atoms with Gasteiger partial charge in [-0.25, -0.2) is 4.98 Å². The summed E-state index contributed by atoms with van der Waals surface area (Å²) >= 11 is 0. The molecule has 0 spiro atoms. The van der Waals surface area contributed by atoms with Gasteiger partial charge < -0.3 is 9.30 Å². The quantitative estimate of drug-likeness (QED) is 0.454. The number of carbonyl (C=O) groups is 1. The Hall–Kier alpha value is -1.32. The number of hydrogen-bond acceptors (Lipinski definition) is 3. The fraction of sp³-hybridized carbons (Fsp3) is 0.733. The first-order valence-corrected chi connectivity index (χ1v) is 7.44. The largest absolute Gasteiger partial charge is 0.464 e. The van der Waals surface area contributed by atoms with Crippen LogP contribution in [0.2, 0.25) is 0 Å². The molecule has 0 fully saturated rings. The van der Waals surface area contributed by atoms with Gasteiger partial charge in [-0.2, -0.15) is 0 Å². The number of aromatic nitrogens is 2. The molecule has 1 heterocycles. The van der Waals surface area contributed by atoms with Gasteiger partial charge in [-0.3, -0.25) is 4.79 Å². The Bertz CT molecular complexity index is 323. The fourth-order valence-corrected chi connectivity index (χ4v) is 2.00. The van der Waals surface area contributed by atoms with Crippen LogP contribution in [0, 0.1) is 0 Å². The van der Waals surface area contributed by atoms with Crippen LogP contribution in [0.5, 0.6) is 0 Å². The van der Waals surface area contributed by atoms with Gasteiger partial charge in [-0.15, -0.1) is 0 Å². The summed E-state index contributed by atoms with van der Waals surface area (Å²) in [6.07, 6.45) is 15.1. The molecule has 0 saturated carbocycles. The first-order valence-electron chi connectivity index (χ1n) is 7.44. The predicted molar refractivity (Wildman–Crippen MR) is 75.8 cm³/mol. The zero-order valence-corrected chi connectivity index (χ0v) is 12.0. The van der Waals surface area contributed by atoms with E-state index in [2.05, 4.69) is 11.9 Å². The van der Waals surface area contributed by atoms with Gasteiger partial charge in [0.15, 0.2) is 0 Å². The van der Waals surface area contributed by atoms with Crippen molar-refractivity contribution in [2.24, 2.45) is 0 Å². The summed E-state index contributed by atoms with van der Waals surface area (Å²) in [6.45, 7) is 3.04. The molecule has 4 heteroatoms. The van der Waals surface area contributed by atoms with Crippen LogP contribution in [-0.4, -0.2) is 22.1 Å². The van der Waals surface area contributed by atoms with Gasteiger partial charge in [-0.05, 0) is 6.42 Å². The first kappa shape index (κ1) is 15.7. The monoisotopic (exact) mass is 266 g/mol. The van der Waals surface area contributed by atoms with E-state index >= 15 is 0 Å². The highest BCUT2D eigenvalue weighted by atomic mass is 16.5. The van der Waals surface area contributed by atoms with E-state index in [1.807, 2.05) is 0 Å². The van der Waals surface area contributed by atoms with Gasteiger partial charge in [0.25, 0.3) is 0 Å². The van der Waals surface area contributed by atoms with Gasteiger partial charge in [0.2, 0.25) is 0 Å². The minimum Gasteiger partial charge on any atom is -0.464 e. The maximum Gasteiger partial charge on any atom is 0.325 e. The Morgan fingerprint density at radius 2 is 1.79 bits per heavy atom. The van der Waals surface area contributed by atoms with Crippen molar-refractivity contribution in [2.45, 2.75) is 64.8 Å². The molecule has 0 bridgehead atoms. The third kappa shape index (κ3) is 8.41. The zero-order valence-electron chi connectivity index (χ0n) is 12.0. The van der Waals surface area contributed by atoms with Crippen molar-refractivity contribution in [1.82, 2.24) is 9.55 Å². The number of imidazole rings is 1. The number of rotatable bonds is 11. The topological polar surface area (TPSA) is 44.1 Å². The van der Waals surface area contributed by atoms with Crippen molar-refractivity contribution < 1.29 is 9.53 Å². The Labute approximate surface area is 116 Å². The summed E-state index contributed by atoms with van der Waals surface area (Å²) in [5.41, 5.74) is 0. The van der Waals surface area contributed by atoms with Crippen LogP contribution in [-0.2, 0) is 16.1 Å². The van der Waals surface area contributed by atoms with Crippen LogP contribution >= 0.6 is 0 Å². The lowest BCUT2D eigenvalue weighted by atomic mass is 10.1. The normalized spacial score (nSPS) is 10.6. The van der Waals surface area contributed by atoms with Crippen molar-refractivity contribution in [2.75, 3.05) is 6.61 Å².